The predicted molar refractivity (Wildman–Crippen MR) is 41.7 cm³/mol. The normalized spacial score (nSPS) is 18.9. The number of hydrogen-bond acceptors (Lipinski definition) is 1. The standard InChI is InChI=1S/C7H11BrO/c1-9-7-4-2-3-6(7)5-8/h2-5H2,1H3. The van der Waals surface area contributed by atoms with Crippen LogP contribution in [0.4, 0.5) is 0 Å². The average molecular weight is 191 g/mol. The Balaban J connectivity index is 2.59. The van der Waals surface area contributed by atoms with Crippen molar-refractivity contribution >= 4 is 15.9 Å². The summed E-state index contributed by atoms with van der Waals surface area (Å²) < 4.78 is 5.16. The Labute approximate surface area is 64.2 Å². The van der Waals surface area contributed by atoms with Crippen LogP contribution in [0.5, 0.6) is 0 Å². The number of halogens is 1. The van der Waals surface area contributed by atoms with E-state index < -0.39 is 0 Å². The first-order valence-electron chi connectivity index (χ1n) is 3.19. The smallest absolute Gasteiger partial charge is 0.0955 e. The van der Waals surface area contributed by atoms with Gasteiger partial charge in [-0.3, -0.25) is 0 Å². The summed E-state index contributed by atoms with van der Waals surface area (Å²) in [5.41, 5.74) is 1.44. The van der Waals surface area contributed by atoms with Gasteiger partial charge in [0.15, 0.2) is 0 Å². The Hall–Kier alpha value is 0.0200. The van der Waals surface area contributed by atoms with Gasteiger partial charge in [0.05, 0.1) is 12.9 Å². The maximum Gasteiger partial charge on any atom is 0.0955 e. The summed E-state index contributed by atoms with van der Waals surface area (Å²) in [5, 5.41) is 0.982. The summed E-state index contributed by atoms with van der Waals surface area (Å²) in [6.45, 7) is 0. The molecule has 0 aliphatic heterocycles. The van der Waals surface area contributed by atoms with Gasteiger partial charge in [0.2, 0.25) is 0 Å². The molecule has 0 saturated carbocycles. The molecule has 0 fully saturated rings. The highest BCUT2D eigenvalue weighted by Crippen LogP contribution is 2.27. The summed E-state index contributed by atoms with van der Waals surface area (Å²) >= 11 is 3.42. The first-order chi connectivity index (χ1) is 4.38. The molecule has 2 heteroatoms. The molecule has 0 heterocycles. The minimum atomic E-state index is 0.982. The molecule has 1 rings (SSSR count). The van der Waals surface area contributed by atoms with E-state index in [9.17, 15) is 0 Å². The van der Waals surface area contributed by atoms with E-state index in [1.165, 1.54) is 24.2 Å². The summed E-state index contributed by atoms with van der Waals surface area (Å²) in [6, 6.07) is 0. The lowest BCUT2D eigenvalue weighted by Crippen LogP contribution is -1.86. The van der Waals surface area contributed by atoms with E-state index in [2.05, 4.69) is 15.9 Å². The number of methoxy groups -OCH3 is 1. The monoisotopic (exact) mass is 190 g/mol. The van der Waals surface area contributed by atoms with Crippen LogP contribution in [0, 0.1) is 0 Å². The lowest BCUT2D eigenvalue weighted by atomic mass is 10.3. The first-order valence-corrected chi connectivity index (χ1v) is 4.31. The van der Waals surface area contributed by atoms with E-state index in [-0.39, 0.29) is 0 Å². The van der Waals surface area contributed by atoms with Gasteiger partial charge in [-0.15, -0.1) is 0 Å². The Morgan fingerprint density at radius 3 is 2.78 bits per heavy atom. The van der Waals surface area contributed by atoms with E-state index in [0.717, 1.165) is 11.8 Å². The van der Waals surface area contributed by atoms with Crippen LogP contribution >= 0.6 is 15.9 Å². The van der Waals surface area contributed by atoms with E-state index in [4.69, 9.17) is 4.74 Å². The van der Waals surface area contributed by atoms with Crippen molar-refractivity contribution in [2.24, 2.45) is 0 Å². The highest BCUT2D eigenvalue weighted by molar-refractivity contribution is 9.09. The maximum atomic E-state index is 5.16. The molecular weight excluding hydrogens is 180 g/mol. The Bertz CT molecular complexity index is 115. The topological polar surface area (TPSA) is 9.23 Å². The van der Waals surface area contributed by atoms with E-state index in [1.54, 1.807) is 7.11 Å². The van der Waals surface area contributed by atoms with Crippen LogP contribution in [0.25, 0.3) is 0 Å². The van der Waals surface area contributed by atoms with Gasteiger partial charge in [0.1, 0.15) is 0 Å². The molecule has 1 aliphatic rings. The van der Waals surface area contributed by atoms with Crippen molar-refractivity contribution in [3.8, 4) is 0 Å². The average Bonchev–Trinajstić information content (AvgIpc) is 2.33. The molecule has 0 atom stereocenters. The van der Waals surface area contributed by atoms with Crippen LogP contribution in [0.3, 0.4) is 0 Å². The zero-order valence-corrected chi connectivity index (χ0v) is 7.20. The van der Waals surface area contributed by atoms with Crippen molar-refractivity contribution in [3.05, 3.63) is 11.3 Å². The molecule has 0 unspecified atom stereocenters. The molecule has 0 N–H and O–H groups in total. The molecule has 0 bridgehead atoms. The van der Waals surface area contributed by atoms with Gasteiger partial charge in [-0.05, 0) is 18.4 Å². The minimum Gasteiger partial charge on any atom is -0.501 e. The number of hydrogen-bond donors (Lipinski definition) is 0. The fourth-order valence-electron chi connectivity index (χ4n) is 1.17. The largest absolute Gasteiger partial charge is 0.501 e. The summed E-state index contributed by atoms with van der Waals surface area (Å²) in [7, 11) is 1.75. The number of alkyl halides is 1. The predicted octanol–water partition coefficient (Wildman–Crippen LogP) is 2.47. The van der Waals surface area contributed by atoms with E-state index >= 15 is 0 Å². The maximum absolute atomic E-state index is 5.16. The molecule has 0 aromatic rings. The highest BCUT2D eigenvalue weighted by Gasteiger charge is 2.12. The van der Waals surface area contributed by atoms with Gasteiger partial charge in [-0.1, -0.05) is 15.9 Å². The van der Waals surface area contributed by atoms with E-state index in [0.29, 0.717) is 0 Å². The fraction of sp³-hybridized carbons (Fsp3) is 0.714. The number of allylic oxidation sites excluding steroid dienone is 2. The van der Waals surface area contributed by atoms with Gasteiger partial charge in [-0.25, -0.2) is 0 Å². The molecule has 0 spiro atoms. The molecule has 9 heavy (non-hydrogen) atoms. The van der Waals surface area contributed by atoms with Crippen molar-refractivity contribution in [1.82, 2.24) is 0 Å². The highest BCUT2D eigenvalue weighted by atomic mass is 79.9. The van der Waals surface area contributed by atoms with Crippen molar-refractivity contribution in [1.29, 1.82) is 0 Å². The second-order valence-electron chi connectivity index (χ2n) is 2.22. The number of ether oxygens (including phenoxy) is 1. The lowest BCUT2D eigenvalue weighted by Gasteiger charge is -2.00. The van der Waals surface area contributed by atoms with Gasteiger partial charge in [-0.2, -0.15) is 0 Å². The second-order valence-corrected chi connectivity index (χ2v) is 2.78. The van der Waals surface area contributed by atoms with Gasteiger partial charge < -0.3 is 4.74 Å². The Morgan fingerprint density at radius 2 is 2.33 bits per heavy atom. The van der Waals surface area contributed by atoms with Crippen molar-refractivity contribution < 1.29 is 4.74 Å². The van der Waals surface area contributed by atoms with Crippen LogP contribution in [0.15, 0.2) is 11.3 Å². The van der Waals surface area contributed by atoms with Crippen LogP contribution in [-0.4, -0.2) is 12.4 Å². The van der Waals surface area contributed by atoms with Crippen molar-refractivity contribution in [2.45, 2.75) is 19.3 Å². The molecule has 0 aromatic carbocycles. The van der Waals surface area contributed by atoms with Gasteiger partial charge >= 0.3 is 0 Å². The number of rotatable bonds is 2. The third kappa shape index (κ3) is 1.48. The third-order valence-electron chi connectivity index (χ3n) is 1.68. The SMILES string of the molecule is COC1=C(CBr)CCC1. The van der Waals surface area contributed by atoms with Crippen molar-refractivity contribution in [3.63, 3.8) is 0 Å². The van der Waals surface area contributed by atoms with E-state index in [1.807, 2.05) is 0 Å². The van der Waals surface area contributed by atoms with Crippen molar-refractivity contribution in [2.75, 3.05) is 12.4 Å². The summed E-state index contributed by atoms with van der Waals surface area (Å²) in [6.07, 6.45) is 3.62. The minimum absolute atomic E-state index is 0.982. The molecule has 52 valence electrons. The van der Waals surface area contributed by atoms with Crippen LogP contribution in [0.1, 0.15) is 19.3 Å². The molecule has 0 saturated heterocycles. The summed E-state index contributed by atoms with van der Waals surface area (Å²) in [5.74, 6) is 1.20. The third-order valence-corrected chi connectivity index (χ3v) is 2.36. The fourth-order valence-corrected chi connectivity index (χ4v) is 1.76. The van der Waals surface area contributed by atoms with Gasteiger partial charge in [0, 0.05) is 11.8 Å². The second kappa shape index (κ2) is 3.25. The zero-order chi connectivity index (χ0) is 6.69. The van der Waals surface area contributed by atoms with Gasteiger partial charge in [0.25, 0.3) is 0 Å². The Morgan fingerprint density at radius 1 is 1.56 bits per heavy atom. The quantitative estimate of drug-likeness (QED) is 0.609. The zero-order valence-electron chi connectivity index (χ0n) is 5.61. The molecule has 0 amide bonds. The molecule has 0 radical (unpaired) electrons. The lowest BCUT2D eigenvalue weighted by molar-refractivity contribution is 0.280. The molecule has 1 nitrogen and oxygen atoms in total. The summed E-state index contributed by atoms with van der Waals surface area (Å²) in [4.78, 5) is 0. The van der Waals surface area contributed by atoms with Crippen LogP contribution in [0.2, 0.25) is 0 Å². The Kier molecular flexibility index (Phi) is 2.58. The molecule has 0 aromatic heterocycles. The van der Waals surface area contributed by atoms with Crippen LogP contribution < -0.4 is 0 Å². The van der Waals surface area contributed by atoms with Crippen LogP contribution in [-0.2, 0) is 4.74 Å². The first kappa shape index (κ1) is 7.13. The molecular formula is C7H11BrO. The molecule has 1 aliphatic carbocycles.